The van der Waals surface area contributed by atoms with Crippen molar-refractivity contribution in [2.45, 2.75) is 0 Å². The summed E-state index contributed by atoms with van der Waals surface area (Å²) in [5, 5.41) is 0. The maximum Gasteiger partial charge on any atom is 0.400 e. The Morgan fingerprint density at radius 2 is 2.00 bits per heavy atom. The van der Waals surface area contributed by atoms with Gasteiger partial charge in [-0.25, -0.2) is 9.55 Å². The number of nitrogens with zero attached hydrogens (tertiary/aromatic N) is 2. The van der Waals surface area contributed by atoms with Crippen molar-refractivity contribution in [1.29, 1.82) is 0 Å². The van der Waals surface area contributed by atoms with Crippen LogP contribution in [0.25, 0.3) is 5.95 Å². The maximum atomic E-state index is 4.09. The summed E-state index contributed by atoms with van der Waals surface area (Å²) >= 11 is 0. The molecule has 0 aliphatic heterocycles. The summed E-state index contributed by atoms with van der Waals surface area (Å²) in [6, 6.07) is 5.89. The fourth-order valence-corrected chi connectivity index (χ4v) is 0.938. The van der Waals surface area contributed by atoms with Crippen molar-refractivity contribution in [3.05, 3.63) is 43.0 Å². The molecule has 54 valence electrons. The van der Waals surface area contributed by atoms with Crippen molar-refractivity contribution in [2.24, 2.45) is 0 Å². The van der Waals surface area contributed by atoms with E-state index in [2.05, 4.69) is 9.97 Å². The molecule has 0 aromatic carbocycles. The van der Waals surface area contributed by atoms with Crippen LogP contribution in [0, 0.1) is 0 Å². The van der Waals surface area contributed by atoms with Crippen molar-refractivity contribution < 1.29 is 4.57 Å². The summed E-state index contributed by atoms with van der Waals surface area (Å²) < 4.78 is 1.92. The van der Waals surface area contributed by atoms with E-state index in [0.717, 1.165) is 5.95 Å². The molecule has 0 atom stereocenters. The van der Waals surface area contributed by atoms with E-state index in [9.17, 15) is 0 Å². The standard InChI is InChI=1S/C8H8N3/c1-2-6-11(7-3-1)8-9-4-5-10-8/h1-7H,(H,9,10)/q+1. The SMILES string of the molecule is c1cc[n+](-c2ncc[nH]2)cc1. The zero-order valence-corrected chi connectivity index (χ0v) is 5.94. The number of pyridine rings is 1. The van der Waals surface area contributed by atoms with Gasteiger partial charge in [0.15, 0.2) is 0 Å². The van der Waals surface area contributed by atoms with Gasteiger partial charge < -0.3 is 0 Å². The van der Waals surface area contributed by atoms with Gasteiger partial charge in [0.05, 0.1) is 18.6 Å². The third-order valence-electron chi connectivity index (χ3n) is 1.44. The van der Waals surface area contributed by atoms with Gasteiger partial charge in [0.25, 0.3) is 0 Å². The average molecular weight is 146 g/mol. The topological polar surface area (TPSA) is 32.6 Å². The molecule has 0 aliphatic rings. The molecule has 0 fully saturated rings. The van der Waals surface area contributed by atoms with Gasteiger partial charge in [0.1, 0.15) is 6.20 Å². The van der Waals surface area contributed by atoms with Gasteiger partial charge in [-0.15, -0.1) is 0 Å². The lowest BCUT2D eigenvalue weighted by atomic mass is 10.5. The lowest BCUT2D eigenvalue weighted by Gasteiger charge is -1.89. The second-order valence-corrected chi connectivity index (χ2v) is 2.20. The number of aromatic nitrogens is 3. The zero-order chi connectivity index (χ0) is 7.52. The van der Waals surface area contributed by atoms with Crippen LogP contribution in [-0.4, -0.2) is 9.97 Å². The van der Waals surface area contributed by atoms with E-state index in [-0.39, 0.29) is 0 Å². The highest BCUT2D eigenvalue weighted by Gasteiger charge is 2.02. The molecular formula is C8H8N3+. The van der Waals surface area contributed by atoms with Crippen molar-refractivity contribution in [1.82, 2.24) is 9.97 Å². The molecule has 0 unspecified atom stereocenters. The molecule has 0 radical (unpaired) electrons. The van der Waals surface area contributed by atoms with Crippen LogP contribution in [-0.2, 0) is 0 Å². The van der Waals surface area contributed by atoms with Crippen LogP contribution in [0.1, 0.15) is 0 Å². The molecule has 2 rings (SSSR count). The van der Waals surface area contributed by atoms with E-state index >= 15 is 0 Å². The van der Waals surface area contributed by atoms with E-state index in [1.54, 1.807) is 12.4 Å². The Bertz CT molecular complexity index is 312. The summed E-state index contributed by atoms with van der Waals surface area (Å²) in [5.74, 6) is 0.839. The molecule has 0 saturated carbocycles. The fraction of sp³-hybridized carbons (Fsp3) is 0. The van der Waals surface area contributed by atoms with Crippen molar-refractivity contribution in [3.8, 4) is 5.95 Å². The third kappa shape index (κ3) is 1.12. The fourth-order valence-electron chi connectivity index (χ4n) is 0.938. The highest BCUT2D eigenvalue weighted by Crippen LogP contribution is 1.86. The van der Waals surface area contributed by atoms with Gasteiger partial charge in [0, 0.05) is 0 Å². The maximum absolute atomic E-state index is 4.09. The smallest absolute Gasteiger partial charge is 0.245 e. The monoisotopic (exact) mass is 146 g/mol. The Hall–Kier alpha value is -1.64. The minimum absolute atomic E-state index is 0.839. The molecule has 0 amide bonds. The number of hydrogen-bond donors (Lipinski definition) is 1. The number of hydrogen-bond acceptors (Lipinski definition) is 1. The summed E-state index contributed by atoms with van der Waals surface area (Å²) in [7, 11) is 0. The molecule has 0 aliphatic carbocycles. The molecule has 2 heterocycles. The van der Waals surface area contributed by atoms with E-state index in [1.807, 2.05) is 35.2 Å². The van der Waals surface area contributed by atoms with Crippen LogP contribution in [0.2, 0.25) is 0 Å². The molecule has 0 spiro atoms. The highest BCUT2D eigenvalue weighted by molar-refractivity contribution is 4.95. The molecule has 0 saturated heterocycles. The predicted octanol–water partition coefficient (Wildman–Crippen LogP) is 0.686. The van der Waals surface area contributed by atoms with Gasteiger partial charge in [0.2, 0.25) is 0 Å². The second-order valence-electron chi connectivity index (χ2n) is 2.20. The third-order valence-corrected chi connectivity index (χ3v) is 1.44. The number of rotatable bonds is 1. The van der Waals surface area contributed by atoms with Crippen LogP contribution < -0.4 is 4.57 Å². The Labute approximate surface area is 64.3 Å². The molecule has 11 heavy (non-hydrogen) atoms. The largest absolute Gasteiger partial charge is 0.400 e. The van der Waals surface area contributed by atoms with E-state index in [4.69, 9.17) is 0 Å². The van der Waals surface area contributed by atoms with Crippen LogP contribution in [0.5, 0.6) is 0 Å². The Morgan fingerprint density at radius 1 is 1.18 bits per heavy atom. The zero-order valence-electron chi connectivity index (χ0n) is 5.94. The molecule has 1 N–H and O–H groups in total. The molecule has 2 aromatic rings. The summed E-state index contributed by atoms with van der Waals surface area (Å²) in [5.41, 5.74) is 0. The Balaban J connectivity index is 2.46. The van der Waals surface area contributed by atoms with Gasteiger partial charge in [-0.2, -0.15) is 0 Å². The first-order valence-corrected chi connectivity index (χ1v) is 3.43. The first-order chi connectivity index (χ1) is 5.47. The number of nitrogens with one attached hydrogen (secondary N) is 1. The summed E-state index contributed by atoms with van der Waals surface area (Å²) in [6.07, 6.45) is 7.42. The Kier molecular flexibility index (Phi) is 1.41. The van der Waals surface area contributed by atoms with Crippen molar-refractivity contribution >= 4 is 0 Å². The number of H-pyrrole nitrogens is 1. The van der Waals surface area contributed by atoms with Crippen LogP contribution in [0.3, 0.4) is 0 Å². The van der Waals surface area contributed by atoms with Crippen LogP contribution >= 0.6 is 0 Å². The molecular weight excluding hydrogens is 138 g/mol. The molecule has 3 nitrogen and oxygen atoms in total. The summed E-state index contributed by atoms with van der Waals surface area (Å²) in [6.45, 7) is 0. The van der Waals surface area contributed by atoms with Gasteiger partial charge in [-0.3, -0.25) is 0 Å². The number of aromatic amines is 1. The van der Waals surface area contributed by atoms with E-state index in [0.29, 0.717) is 0 Å². The minimum atomic E-state index is 0.839. The average Bonchev–Trinajstić information content (AvgIpc) is 2.58. The van der Waals surface area contributed by atoms with Crippen LogP contribution in [0.15, 0.2) is 43.0 Å². The normalized spacial score (nSPS) is 9.82. The number of imidazole rings is 1. The minimum Gasteiger partial charge on any atom is -0.245 e. The lowest BCUT2D eigenvalue weighted by molar-refractivity contribution is -0.603. The Morgan fingerprint density at radius 3 is 2.64 bits per heavy atom. The second kappa shape index (κ2) is 2.54. The van der Waals surface area contributed by atoms with Crippen molar-refractivity contribution in [2.75, 3.05) is 0 Å². The molecule has 3 heteroatoms. The van der Waals surface area contributed by atoms with Crippen LogP contribution in [0.4, 0.5) is 0 Å². The van der Waals surface area contributed by atoms with Gasteiger partial charge in [-0.05, 0) is 12.1 Å². The molecule has 2 aromatic heterocycles. The molecule has 0 bridgehead atoms. The van der Waals surface area contributed by atoms with E-state index < -0.39 is 0 Å². The quantitative estimate of drug-likeness (QED) is 0.590. The lowest BCUT2D eigenvalue weighted by Crippen LogP contribution is -2.30. The first-order valence-electron chi connectivity index (χ1n) is 3.43. The van der Waals surface area contributed by atoms with Gasteiger partial charge in [-0.1, -0.05) is 11.1 Å². The highest BCUT2D eigenvalue weighted by atomic mass is 15.1. The van der Waals surface area contributed by atoms with Gasteiger partial charge >= 0.3 is 5.95 Å². The summed E-state index contributed by atoms with van der Waals surface area (Å²) in [4.78, 5) is 7.10. The predicted molar refractivity (Wildman–Crippen MR) is 40.1 cm³/mol. The van der Waals surface area contributed by atoms with E-state index in [1.165, 1.54) is 0 Å². The van der Waals surface area contributed by atoms with Crippen molar-refractivity contribution in [3.63, 3.8) is 0 Å². The first kappa shape index (κ1) is 6.09.